The van der Waals surface area contributed by atoms with Crippen LogP contribution in [0.5, 0.6) is 5.75 Å². The molecule has 2 aromatic heterocycles. The van der Waals surface area contributed by atoms with Crippen molar-refractivity contribution in [2.45, 2.75) is 108 Å². The van der Waals surface area contributed by atoms with Crippen molar-refractivity contribution < 1.29 is 37.4 Å². The maximum Gasteiger partial charge on any atom is 0.293 e. The number of aromatic nitrogens is 3. The number of hydrogen-bond acceptors (Lipinski definition) is 12. The first kappa shape index (κ1) is 44.5. The lowest BCUT2D eigenvalue weighted by atomic mass is 9.82. The summed E-state index contributed by atoms with van der Waals surface area (Å²) in [5.74, 6) is -2.65. The monoisotopic (exact) mass is 915 g/mol. The average molecular weight is 916 g/mol. The number of nitrogens with one attached hydrogen (secondary N) is 3. The molecule has 4 aromatic rings. The minimum Gasteiger partial charge on any atom is -0.478 e. The molecule has 9 rings (SSSR count). The predicted octanol–water partition coefficient (Wildman–Crippen LogP) is 5.33. The zero-order valence-corrected chi connectivity index (χ0v) is 37.3. The lowest BCUT2D eigenvalue weighted by Gasteiger charge is -2.47. The number of benzene rings is 2. The smallest absolute Gasteiger partial charge is 0.293 e. The molecule has 16 nitrogen and oxygen atoms in total. The van der Waals surface area contributed by atoms with E-state index in [1.54, 1.807) is 16.8 Å². The molecule has 0 bridgehead atoms. The Morgan fingerprint density at radius 1 is 0.985 bits per heavy atom. The van der Waals surface area contributed by atoms with Crippen molar-refractivity contribution >= 4 is 63.6 Å². The molecule has 1 atom stereocenters. The van der Waals surface area contributed by atoms with E-state index in [4.69, 9.17) is 26.1 Å². The number of ether oxygens (including phenoxy) is 2. The molecule has 5 aliphatic rings. The first-order chi connectivity index (χ1) is 31.3. The molecular weight excluding hydrogens is 864 g/mol. The van der Waals surface area contributed by atoms with Gasteiger partial charge in [0.1, 0.15) is 22.7 Å². The minimum absolute atomic E-state index is 0.0194. The topological polar surface area (TPSA) is 180 Å². The fraction of sp³-hybridized carbons (Fsp3) is 0.500. The van der Waals surface area contributed by atoms with Crippen LogP contribution in [0.1, 0.15) is 98.7 Å². The van der Waals surface area contributed by atoms with Crippen LogP contribution in [0.4, 0.5) is 26.2 Å². The van der Waals surface area contributed by atoms with E-state index < -0.39 is 35.4 Å². The van der Waals surface area contributed by atoms with Gasteiger partial charge >= 0.3 is 0 Å². The van der Waals surface area contributed by atoms with Crippen LogP contribution in [-0.2, 0) is 25.7 Å². The van der Waals surface area contributed by atoms with E-state index in [0.717, 1.165) is 37.1 Å². The van der Waals surface area contributed by atoms with Crippen molar-refractivity contribution in [2.24, 2.45) is 0 Å². The van der Waals surface area contributed by atoms with Crippen molar-refractivity contribution in [3.8, 4) is 5.75 Å². The number of amides is 4. The summed E-state index contributed by atoms with van der Waals surface area (Å²) in [4.78, 5) is 77.4. The number of likely N-dealkylation sites (tertiary alicyclic amines) is 1. The molecule has 2 aromatic carbocycles. The van der Waals surface area contributed by atoms with E-state index in [1.807, 2.05) is 32.0 Å². The number of pyridine rings is 1. The molecule has 1 unspecified atom stereocenters. The van der Waals surface area contributed by atoms with Crippen LogP contribution < -0.4 is 31.1 Å². The number of halogens is 3. The Labute approximate surface area is 379 Å². The van der Waals surface area contributed by atoms with Gasteiger partial charge in [-0.25, -0.2) is 13.8 Å². The number of hydrogen-bond donors (Lipinski definition) is 3. The molecule has 1 aliphatic carbocycles. The van der Waals surface area contributed by atoms with Crippen molar-refractivity contribution in [3.63, 3.8) is 0 Å². The van der Waals surface area contributed by atoms with Gasteiger partial charge in [-0.1, -0.05) is 11.6 Å². The zero-order chi connectivity index (χ0) is 45.7. The molecule has 4 aliphatic heterocycles. The highest BCUT2D eigenvalue weighted by Gasteiger charge is 2.43. The standard InChI is InChI=1S/C46H52ClF2N9O7/c1-24(2)58-35-5-4-27(16-26(35)17-37(45(58)63)64-23-39(60)50-3)52-42-33(47)21-51-46(54-42)56-14-10-29(11-15-56)65-30-18-28(19-30)55-12-8-25(9-13-55)40-34(48)20-31-32(41(40)49)22-57(44(31)62)36-6-7-38(59)53-43(36)61/h4-5,16-17,20-21,24-25,28-30,36H,6-15,18-19,22-23H2,1-3H3,(H,50,60)(H,51,52,54)(H,53,59,61)/t28-,30-,36?. The Kier molecular flexibility index (Phi) is 12.5. The van der Waals surface area contributed by atoms with E-state index in [1.165, 1.54) is 11.9 Å². The molecule has 3 saturated heterocycles. The summed E-state index contributed by atoms with van der Waals surface area (Å²) in [6.45, 7) is 6.22. The fourth-order valence-electron chi connectivity index (χ4n) is 9.95. The summed E-state index contributed by atoms with van der Waals surface area (Å²) in [6, 6.07) is 7.62. The van der Waals surface area contributed by atoms with Gasteiger partial charge in [0.15, 0.2) is 18.2 Å². The number of nitrogens with zero attached hydrogens (tertiary/aromatic N) is 6. The van der Waals surface area contributed by atoms with Gasteiger partial charge in [0.25, 0.3) is 17.4 Å². The molecule has 344 valence electrons. The minimum atomic E-state index is -0.896. The maximum absolute atomic E-state index is 16.0. The van der Waals surface area contributed by atoms with Crippen LogP contribution in [0.25, 0.3) is 10.9 Å². The molecule has 1 saturated carbocycles. The molecule has 65 heavy (non-hydrogen) atoms. The molecular formula is C46H52ClF2N9O7. The number of carbonyl (C=O) groups is 4. The average Bonchev–Trinajstić information content (AvgIpc) is 3.60. The molecule has 6 heterocycles. The predicted molar refractivity (Wildman–Crippen MR) is 238 cm³/mol. The SMILES string of the molecule is CNC(=O)COc1cc2cc(Nc3nc(N4CCC(O[C@H]5C[C@H](N6CCC(c7c(F)cc8c(c7F)CN(C7CCC(=O)NC7=O)C8=O)CC6)C5)CC4)ncc3Cl)ccc2n(C(C)C)c1=O. The number of imide groups is 1. The van der Waals surface area contributed by atoms with Crippen molar-refractivity contribution in [2.75, 3.05) is 50.1 Å². The maximum atomic E-state index is 16.0. The van der Waals surface area contributed by atoms with Gasteiger partial charge < -0.3 is 39.4 Å². The Morgan fingerprint density at radius 3 is 2.45 bits per heavy atom. The van der Waals surface area contributed by atoms with Crippen LogP contribution >= 0.6 is 11.6 Å². The Morgan fingerprint density at radius 2 is 1.74 bits per heavy atom. The molecule has 3 N–H and O–H groups in total. The molecule has 4 fully saturated rings. The van der Waals surface area contributed by atoms with E-state index in [-0.39, 0.29) is 84.1 Å². The highest BCUT2D eigenvalue weighted by molar-refractivity contribution is 6.33. The van der Waals surface area contributed by atoms with Crippen LogP contribution in [0.3, 0.4) is 0 Å². The van der Waals surface area contributed by atoms with Gasteiger partial charge in [-0.15, -0.1) is 0 Å². The van der Waals surface area contributed by atoms with Crippen LogP contribution in [0.2, 0.25) is 5.02 Å². The normalized spacial score (nSPS) is 22.0. The number of likely N-dealkylation sites (N-methyl/N-ethyl adjacent to an activating group) is 1. The highest BCUT2D eigenvalue weighted by Crippen LogP contribution is 2.41. The number of piperidine rings is 3. The van der Waals surface area contributed by atoms with E-state index >= 15 is 8.78 Å². The van der Waals surface area contributed by atoms with Crippen LogP contribution in [-0.4, -0.2) is 112 Å². The van der Waals surface area contributed by atoms with E-state index in [2.05, 4.69) is 30.7 Å². The first-order valence-electron chi connectivity index (χ1n) is 22.4. The molecule has 19 heteroatoms. The van der Waals surface area contributed by atoms with E-state index in [0.29, 0.717) is 73.1 Å². The summed E-state index contributed by atoms with van der Waals surface area (Å²) in [5.41, 5.74) is 1.16. The van der Waals surface area contributed by atoms with Gasteiger partial charge in [0, 0.05) is 60.8 Å². The molecule has 4 amide bonds. The number of rotatable bonds is 12. The molecule has 0 spiro atoms. The second kappa shape index (κ2) is 18.3. The summed E-state index contributed by atoms with van der Waals surface area (Å²) < 4.78 is 45.3. The van der Waals surface area contributed by atoms with Crippen LogP contribution in [0.15, 0.2) is 41.3 Å². The highest BCUT2D eigenvalue weighted by atomic mass is 35.5. The lowest BCUT2D eigenvalue weighted by Crippen LogP contribution is -2.52. The van der Waals surface area contributed by atoms with Crippen molar-refractivity contribution in [1.82, 2.24) is 35.0 Å². The fourth-order valence-corrected chi connectivity index (χ4v) is 10.1. The van der Waals surface area contributed by atoms with Gasteiger partial charge in [0.2, 0.25) is 17.8 Å². The molecule has 0 radical (unpaired) electrons. The van der Waals surface area contributed by atoms with Gasteiger partial charge in [-0.05, 0) is 108 Å². The third-order valence-electron chi connectivity index (χ3n) is 13.5. The van der Waals surface area contributed by atoms with Gasteiger partial charge in [-0.2, -0.15) is 4.98 Å². The lowest BCUT2D eigenvalue weighted by molar-refractivity contribution is -0.137. The van der Waals surface area contributed by atoms with Gasteiger partial charge in [0.05, 0.1) is 36.0 Å². The second-order valence-corrected chi connectivity index (χ2v) is 18.3. The van der Waals surface area contributed by atoms with Gasteiger partial charge in [-0.3, -0.25) is 29.3 Å². The number of carbonyl (C=O) groups excluding carboxylic acids is 4. The zero-order valence-electron chi connectivity index (χ0n) is 36.5. The third kappa shape index (κ3) is 8.87. The Balaban J connectivity index is 0.754. The second-order valence-electron chi connectivity index (χ2n) is 17.9. The van der Waals surface area contributed by atoms with Crippen molar-refractivity contribution in [3.05, 3.63) is 80.2 Å². The summed E-state index contributed by atoms with van der Waals surface area (Å²) in [7, 11) is 1.50. The Hall–Kier alpha value is -5.72. The number of anilines is 3. The van der Waals surface area contributed by atoms with Crippen LogP contribution in [0, 0.1) is 11.6 Å². The Bertz CT molecular complexity index is 2610. The largest absolute Gasteiger partial charge is 0.478 e. The summed E-state index contributed by atoms with van der Waals surface area (Å²) in [6.07, 6.45) is 6.64. The number of fused-ring (bicyclic) bond motifs is 2. The summed E-state index contributed by atoms with van der Waals surface area (Å²) >= 11 is 6.58. The quantitative estimate of drug-likeness (QED) is 0.156. The first-order valence-corrected chi connectivity index (χ1v) is 22.8. The third-order valence-corrected chi connectivity index (χ3v) is 13.8. The van der Waals surface area contributed by atoms with Crippen molar-refractivity contribution in [1.29, 1.82) is 0 Å². The summed E-state index contributed by atoms with van der Waals surface area (Å²) in [5, 5.41) is 9.12. The van der Waals surface area contributed by atoms with E-state index in [9.17, 15) is 24.0 Å².